The second-order valence-electron chi connectivity index (χ2n) is 7.30. The second-order valence-corrected chi connectivity index (χ2v) is 7.70. The lowest BCUT2D eigenvalue weighted by molar-refractivity contribution is -0.138. The van der Waals surface area contributed by atoms with Crippen LogP contribution in [-0.2, 0) is 11.0 Å². The number of nitrogens with one attached hydrogen (secondary N) is 1. The third-order valence-electron chi connectivity index (χ3n) is 5.55. The van der Waals surface area contributed by atoms with Crippen LogP contribution in [0.25, 0.3) is 0 Å². The Kier molecular flexibility index (Phi) is 4.98. The maximum atomic E-state index is 13.0. The van der Waals surface area contributed by atoms with Gasteiger partial charge in [-0.3, -0.25) is 9.78 Å². The first-order chi connectivity index (χ1) is 13.8. The molecule has 0 radical (unpaired) electrons. The number of fused-ring (bicyclic) bond motifs is 1. The smallest absolute Gasteiger partial charge is 0.334 e. The minimum Gasteiger partial charge on any atom is -0.334 e. The molecule has 4 rings (SSSR count). The summed E-state index contributed by atoms with van der Waals surface area (Å²) in [6.45, 7) is 0. The Labute approximate surface area is 169 Å². The maximum absolute atomic E-state index is 13.0. The molecule has 3 amide bonds. The highest BCUT2D eigenvalue weighted by Gasteiger charge is 2.45. The summed E-state index contributed by atoms with van der Waals surface area (Å²) in [7, 11) is 0. The first-order valence-corrected chi connectivity index (χ1v) is 9.54. The number of urea groups is 1. The molecule has 152 valence electrons. The first kappa shape index (κ1) is 19.7. The number of carbonyl (C=O) groups excluding carboxylic acids is 2. The Morgan fingerprint density at radius 2 is 1.90 bits per heavy atom. The van der Waals surface area contributed by atoms with Gasteiger partial charge in [0.2, 0.25) is 5.91 Å². The van der Waals surface area contributed by atoms with Crippen LogP contribution in [0.15, 0.2) is 42.7 Å². The predicted molar refractivity (Wildman–Crippen MR) is 101 cm³/mol. The highest BCUT2D eigenvalue weighted by Crippen LogP contribution is 2.41. The summed E-state index contributed by atoms with van der Waals surface area (Å²) in [5, 5.41) is 3.43. The number of aromatic nitrogens is 1. The number of nitrogens with zero attached hydrogens (tertiary/aromatic N) is 2. The van der Waals surface area contributed by atoms with Gasteiger partial charge >= 0.3 is 12.2 Å². The van der Waals surface area contributed by atoms with Crippen molar-refractivity contribution in [2.24, 2.45) is 5.92 Å². The minimum atomic E-state index is -4.62. The van der Waals surface area contributed by atoms with Crippen LogP contribution in [0, 0.1) is 5.92 Å². The van der Waals surface area contributed by atoms with Crippen molar-refractivity contribution in [1.82, 2.24) is 10.3 Å². The van der Waals surface area contributed by atoms with Crippen LogP contribution in [0.3, 0.4) is 0 Å². The quantitative estimate of drug-likeness (QED) is 0.757. The number of halogens is 4. The van der Waals surface area contributed by atoms with E-state index in [2.05, 4.69) is 10.3 Å². The molecule has 1 aliphatic carbocycles. The third kappa shape index (κ3) is 3.69. The van der Waals surface area contributed by atoms with Crippen molar-refractivity contribution in [1.29, 1.82) is 0 Å². The molecule has 9 heteroatoms. The van der Waals surface area contributed by atoms with E-state index < -0.39 is 29.6 Å². The molecule has 1 aromatic carbocycles. The highest BCUT2D eigenvalue weighted by atomic mass is 35.5. The zero-order chi connectivity index (χ0) is 20.8. The summed E-state index contributed by atoms with van der Waals surface area (Å²) in [4.78, 5) is 29.9. The van der Waals surface area contributed by atoms with Crippen molar-refractivity contribution in [2.45, 2.75) is 37.4 Å². The van der Waals surface area contributed by atoms with Crippen LogP contribution >= 0.6 is 11.6 Å². The Hall–Kier alpha value is -2.61. The van der Waals surface area contributed by atoms with Crippen LogP contribution in [0.2, 0.25) is 5.02 Å². The molecule has 2 heterocycles. The Morgan fingerprint density at radius 1 is 1.14 bits per heavy atom. The highest BCUT2D eigenvalue weighted by molar-refractivity contribution is 6.31. The molecule has 3 atom stereocenters. The van der Waals surface area contributed by atoms with Crippen LogP contribution in [0.4, 0.5) is 23.7 Å². The summed E-state index contributed by atoms with van der Waals surface area (Å²) >= 11 is 6.28. The number of hydrogen-bond acceptors (Lipinski definition) is 3. The number of anilines is 1. The SMILES string of the molecule is O=C1NC2CC(c3ccccc3Cl)CCC2C(=O)N1c1cncc(C(F)(F)F)c1. The summed E-state index contributed by atoms with van der Waals surface area (Å²) in [6.07, 6.45) is -1.13. The third-order valence-corrected chi connectivity index (χ3v) is 5.90. The molecule has 2 aromatic rings. The van der Waals surface area contributed by atoms with E-state index in [1.165, 1.54) is 0 Å². The zero-order valence-corrected chi connectivity index (χ0v) is 15.9. The van der Waals surface area contributed by atoms with Gasteiger partial charge < -0.3 is 5.32 Å². The van der Waals surface area contributed by atoms with Gasteiger partial charge in [0.05, 0.1) is 23.4 Å². The van der Waals surface area contributed by atoms with Crippen molar-refractivity contribution in [2.75, 3.05) is 4.90 Å². The van der Waals surface area contributed by atoms with Gasteiger partial charge in [0.1, 0.15) is 0 Å². The number of rotatable bonds is 2. The molecule has 29 heavy (non-hydrogen) atoms. The van der Waals surface area contributed by atoms with E-state index in [9.17, 15) is 22.8 Å². The van der Waals surface area contributed by atoms with Crippen molar-refractivity contribution >= 4 is 29.2 Å². The Balaban J connectivity index is 1.57. The van der Waals surface area contributed by atoms with Crippen molar-refractivity contribution < 1.29 is 22.8 Å². The number of hydrogen-bond donors (Lipinski definition) is 1. The van der Waals surface area contributed by atoms with Crippen molar-refractivity contribution in [3.05, 3.63) is 58.9 Å². The molecule has 1 saturated heterocycles. The summed E-state index contributed by atoms with van der Waals surface area (Å²) in [5.41, 5.74) is -0.229. The fourth-order valence-corrected chi connectivity index (χ4v) is 4.44. The van der Waals surface area contributed by atoms with Gasteiger partial charge in [-0.1, -0.05) is 29.8 Å². The fourth-order valence-electron chi connectivity index (χ4n) is 4.15. The summed E-state index contributed by atoms with van der Waals surface area (Å²) < 4.78 is 38.9. The molecule has 1 aromatic heterocycles. The topological polar surface area (TPSA) is 62.3 Å². The number of benzene rings is 1. The standard InChI is InChI=1S/C20H17ClF3N3O2/c21-16-4-2-1-3-14(16)11-5-6-15-17(7-11)26-19(29)27(18(15)28)13-8-12(9-25-10-13)20(22,23)24/h1-4,8-11,15,17H,5-7H2,(H,26,29). The molecular weight excluding hydrogens is 407 g/mol. The van der Waals surface area contributed by atoms with Crippen LogP contribution in [-0.4, -0.2) is 23.0 Å². The van der Waals surface area contributed by atoms with Gasteiger partial charge in [-0.2, -0.15) is 13.2 Å². The molecule has 0 bridgehead atoms. The number of imide groups is 1. The van der Waals surface area contributed by atoms with Gasteiger partial charge in [0.15, 0.2) is 0 Å². The molecule has 3 unspecified atom stereocenters. The lowest BCUT2D eigenvalue weighted by atomic mass is 9.74. The van der Waals surface area contributed by atoms with E-state index in [1.807, 2.05) is 18.2 Å². The maximum Gasteiger partial charge on any atom is 0.417 e. The molecular formula is C20H17ClF3N3O2. The number of carbonyl (C=O) groups is 2. The largest absolute Gasteiger partial charge is 0.417 e. The van der Waals surface area contributed by atoms with Crippen LogP contribution in [0.5, 0.6) is 0 Å². The van der Waals surface area contributed by atoms with Gasteiger partial charge in [-0.05, 0) is 42.9 Å². The second kappa shape index (κ2) is 7.33. The van der Waals surface area contributed by atoms with E-state index in [0.29, 0.717) is 30.5 Å². The monoisotopic (exact) mass is 423 g/mol. The molecule has 1 N–H and O–H groups in total. The number of pyridine rings is 1. The van der Waals surface area contributed by atoms with Crippen molar-refractivity contribution in [3.8, 4) is 0 Å². The summed E-state index contributed by atoms with van der Waals surface area (Å²) in [6, 6.07) is 7.10. The lowest BCUT2D eigenvalue weighted by Crippen LogP contribution is -2.61. The van der Waals surface area contributed by atoms with E-state index >= 15 is 0 Å². The van der Waals surface area contributed by atoms with Gasteiger partial charge in [0, 0.05) is 17.3 Å². The zero-order valence-electron chi connectivity index (χ0n) is 15.1. The van der Waals surface area contributed by atoms with Crippen LogP contribution in [0.1, 0.15) is 36.3 Å². The fraction of sp³-hybridized carbons (Fsp3) is 0.350. The Morgan fingerprint density at radius 3 is 2.62 bits per heavy atom. The number of amides is 3. The number of alkyl halides is 3. The lowest BCUT2D eigenvalue weighted by Gasteiger charge is -2.42. The van der Waals surface area contributed by atoms with E-state index in [4.69, 9.17) is 11.6 Å². The molecule has 2 aliphatic rings. The molecule has 0 spiro atoms. The molecule has 1 saturated carbocycles. The first-order valence-electron chi connectivity index (χ1n) is 9.17. The molecule has 1 aliphatic heterocycles. The van der Waals surface area contributed by atoms with Crippen LogP contribution < -0.4 is 10.2 Å². The Bertz CT molecular complexity index is 966. The van der Waals surface area contributed by atoms with Crippen molar-refractivity contribution in [3.63, 3.8) is 0 Å². The minimum absolute atomic E-state index is 0.0971. The summed E-state index contributed by atoms with van der Waals surface area (Å²) in [5.74, 6) is -0.904. The van der Waals surface area contributed by atoms with Gasteiger partial charge in [-0.25, -0.2) is 9.69 Å². The average Bonchev–Trinajstić information content (AvgIpc) is 2.67. The van der Waals surface area contributed by atoms with E-state index in [0.717, 1.165) is 22.7 Å². The predicted octanol–water partition coefficient (Wildman–Crippen LogP) is 4.76. The van der Waals surface area contributed by atoms with Gasteiger partial charge in [-0.15, -0.1) is 0 Å². The molecule has 2 fully saturated rings. The normalized spacial score (nSPS) is 24.8. The van der Waals surface area contributed by atoms with E-state index in [1.54, 1.807) is 6.07 Å². The molecule has 5 nitrogen and oxygen atoms in total. The van der Waals surface area contributed by atoms with Gasteiger partial charge in [0.25, 0.3) is 0 Å². The van der Waals surface area contributed by atoms with E-state index in [-0.39, 0.29) is 17.6 Å². The average molecular weight is 424 g/mol.